The summed E-state index contributed by atoms with van der Waals surface area (Å²) in [6, 6.07) is 4.99. The van der Waals surface area contributed by atoms with Gasteiger partial charge in [0.05, 0.1) is 10.7 Å². The van der Waals surface area contributed by atoms with Crippen LogP contribution in [0.4, 0.5) is 10.1 Å². The fourth-order valence-electron chi connectivity index (χ4n) is 2.44. The van der Waals surface area contributed by atoms with Gasteiger partial charge in [-0.25, -0.2) is 4.39 Å². The number of anilines is 1. The lowest BCUT2D eigenvalue weighted by molar-refractivity contribution is 0.315. The van der Waals surface area contributed by atoms with Crippen LogP contribution in [0.15, 0.2) is 18.2 Å². The zero-order valence-electron chi connectivity index (χ0n) is 10.2. The summed E-state index contributed by atoms with van der Waals surface area (Å²) in [4.78, 5) is 2.15. The molecule has 1 fully saturated rings. The first-order valence-corrected chi connectivity index (χ1v) is 6.35. The summed E-state index contributed by atoms with van der Waals surface area (Å²) in [5, 5.41) is 0.598. The molecule has 1 saturated heterocycles. The third-order valence-electron chi connectivity index (χ3n) is 3.85. The summed E-state index contributed by atoms with van der Waals surface area (Å²) in [5.41, 5.74) is 6.82. The standard InChI is InChI=1S/C13H18ClFN2/c1-8-9(2)17(6-5-12(8)16)13-7-10(15)3-4-11(13)14/h3-4,7-9,12H,5-6,16H2,1-2H3. The molecule has 0 saturated carbocycles. The van der Waals surface area contributed by atoms with E-state index in [-0.39, 0.29) is 17.9 Å². The van der Waals surface area contributed by atoms with Crippen LogP contribution < -0.4 is 10.6 Å². The van der Waals surface area contributed by atoms with E-state index in [0.717, 1.165) is 18.7 Å². The molecule has 1 heterocycles. The molecule has 3 unspecified atom stereocenters. The molecule has 0 radical (unpaired) electrons. The van der Waals surface area contributed by atoms with Gasteiger partial charge in [-0.2, -0.15) is 0 Å². The van der Waals surface area contributed by atoms with Gasteiger partial charge in [-0.1, -0.05) is 18.5 Å². The maximum absolute atomic E-state index is 13.3. The number of rotatable bonds is 1. The first-order valence-electron chi connectivity index (χ1n) is 5.98. The first kappa shape index (κ1) is 12.7. The molecular weight excluding hydrogens is 239 g/mol. The summed E-state index contributed by atoms with van der Waals surface area (Å²) in [6.45, 7) is 5.08. The normalized spacial score (nSPS) is 29.5. The van der Waals surface area contributed by atoms with Gasteiger partial charge in [-0.3, -0.25) is 0 Å². The zero-order chi connectivity index (χ0) is 12.6. The number of hydrogen-bond donors (Lipinski definition) is 1. The Morgan fingerprint density at radius 1 is 1.41 bits per heavy atom. The second kappa shape index (κ2) is 4.83. The van der Waals surface area contributed by atoms with Crippen LogP contribution in [-0.4, -0.2) is 18.6 Å². The Morgan fingerprint density at radius 3 is 2.82 bits per heavy atom. The van der Waals surface area contributed by atoms with Crippen molar-refractivity contribution in [1.29, 1.82) is 0 Å². The van der Waals surface area contributed by atoms with Crippen molar-refractivity contribution in [1.82, 2.24) is 0 Å². The quantitative estimate of drug-likeness (QED) is 0.837. The summed E-state index contributed by atoms with van der Waals surface area (Å²) >= 11 is 6.14. The van der Waals surface area contributed by atoms with Crippen LogP contribution in [0.5, 0.6) is 0 Å². The lowest BCUT2D eigenvalue weighted by Gasteiger charge is -2.43. The van der Waals surface area contributed by atoms with Gasteiger partial charge in [-0.15, -0.1) is 0 Å². The van der Waals surface area contributed by atoms with Gasteiger partial charge in [0.15, 0.2) is 0 Å². The Morgan fingerprint density at radius 2 is 2.12 bits per heavy atom. The Balaban J connectivity index is 2.30. The van der Waals surface area contributed by atoms with Crippen LogP contribution in [0.2, 0.25) is 5.02 Å². The van der Waals surface area contributed by atoms with E-state index < -0.39 is 0 Å². The summed E-state index contributed by atoms with van der Waals surface area (Å²) in [7, 11) is 0. The minimum absolute atomic E-state index is 0.216. The van der Waals surface area contributed by atoms with Crippen molar-refractivity contribution in [3.63, 3.8) is 0 Å². The summed E-state index contributed by atoms with van der Waals surface area (Å²) in [6.07, 6.45) is 0.915. The molecule has 0 spiro atoms. The van der Waals surface area contributed by atoms with E-state index >= 15 is 0 Å². The molecule has 1 aromatic carbocycles. The third-order valence-corrected chi connectivity index (χ3v) is 4.17. The molecule has 2 nitrogen and oxygen atoms in total. The lowest BCUT2D eigenvalue weighted by Crippen LogP contribution is -2.52. The Labute approximate surface area is 107 Å². The van der Waals surface area contributed by atoms with Crippen molar-refractivity contribution in [2.45, 2.75) is 32.4 Å². The number of benzene rings is 1. The molecule has 4 heteroatoms. The number of piperidine rings is 1. The van der Waals surface area contributed by atoms with Crippen LogP contribution in [0.1, 0.15) is 20.3 Å². The van der Waals surface area contributed by atoms with E-state index in [9.17, 15) is 4.39 Å². The van der Waals surface area contributed by atoms with Crippen molar-refractivity contribution in [2.75, 3.05) is 11.4 Å². The third kappa shape index (κ3) is 2.40. The Bertz CT molecular complexity index is 410. The van der Waals surface area contributed by atoms with Crippen molar-refractivity contribution in [3.05, 3.63) is 29.0 Å². The SMILES string of the molecule is CC1C(N)CCN(c2cc(F)ccc2Cl)C1C. The lowest BCUT2D eigenvalue weighted by atomic mass is 9.87. The smallest absolute Gasteiger partial charge is 0.125 e. The van der Waals surface area contributed by atoms with Crippen molar-refractivity contribution < 1.29 is 4.39 Å². The van der Waals surface area contributed by atoms with Gasteiger partial charge in [0.25, 0.3) is 0 Å². The zero-order valence-corrected chi connectivity index (χ0v) is 10.9. The molecule has 17 heavy (non-hydrogen) atoms. The van der Waals surface area contributed by atoms with Gasteiger partial charge >= 0.3 is 0 Å². The topological polar surface area (TPSA) is 29.3 Å². The minimum atomic E-state index is -0.251. The molecule has 3 atom stereocenters. The van der Waals surface area contributed by atoms with Crippen molar-refractivity contribution >= 4 is 17.3 Å². The number of nitrogens with zero attached hydrogens (tertiary/aromatic N) is 1. The molecule has 0 aromatic heterocycles. The van der Waals surface area contributed by atoms with E-state index in [1.165, 1.54) is 12.1 Å². The number of hydrogen-bond acceptors (Lipinski definition) is 2. The van der Waals surface area contributed by atoms with Gasteiger partial charge in [-0.05, 0) is 37.5 Å². The molecule has 2 rings (SSSR count). The van der Waals surface area contributed by atoms with Gasteiger partial charge in [0.2, 0.25) is 0 Å². The van der Waals surface area contributed by atoms with Crippen LogP contribution >= 0.6 is 11.6 Å². The number of halogens is 2. The van der Waals surface area contributed by atoms with Crippen LogP contribution in [0, 0.1) is 11.7 Å². The van der Waals surface area contributed by atoms with E-state index in [1.807, 2.05) is 0 Å². The van der Waals surface area contributed by atoms with Crippen molar-refractivity contribution in [2.24, 2.45) is 11.7 Å². The first-order chi connectivity index (χ1) is 8.00. The minimum Gasteiger partial charge on any atom is -0.367 e. The summed E-state index contributed by atoms with van der Waals surface area (Å²) in [5.74, 6) is 0.127. The summed E-state index contributed by atoms with van der Waals surface area (Å²) < 4.78 is 13.3. The maximum Gasteiger partial charge on any atom is 0.125 e. The largest absolute Gasteiger partial charge is 0.367 e. The highest BCUT2D eigenvalue weighted by Crippen LogP contribution is 2.33. The predicted octanol–water partition coefficient (Wildman–Crippen LogP) is 3.04. The predicted molar refractivity (Wildman–Crippen MR) is 70.0 cm³/mol. The molecular formula is C13H18ClFN2. The average Bonchev–Trinajstić information content (AvgIpc) is 2.30. The second-order valence-electron chi connectivity index (χ2n) is 4.84. The second-order valence-corrected chi connectivity index (χ2v) is 5.25. The highest BCUT2D eigenvalue weighted by atomic mass is 35.5. The highest BCUT2D eigenvalue weighted by molar-refractivity contribution is 6.33. The molecule has 0 amide bonds. The Kier molecular flexibility index (Phi) is 3.59. The van der Waals surface area contributed by atoms with Gasteiger partial charge in [0.1, 0.15) is 5.82 Å². The number of nitrogens with two attached hydrogens (primary N) is 1. The van der Waals surface area contributed by atoms with E-state index in [1.54, 1.807) is 6.07 Å². The molecule has 1 aromatic rings. The highest BCUT2D eigenvalue weighted by Gasteiger charge is 2.31. The fourth-order valence-corrected chi connectivity index (χ4v) is 2.67. The molecule has 1 aliphatic rings. The molecule has 0 bridgehead atoms. The van der Waals surface area contributed by atoms with Crippen LogP contribution in [0.3, 0.4) is 0 Å². The maximum atomic E-state index is 13.3. The van der Waals surface area contributed by atoms with Crippen LogP contribution in [0.25, 0.3) is 0 Å². The molecule has 94 valence electrons. The Hall–Kier alpha value is -0.800. The van der Waals surface area contributed by atoms with Crippen LogP contribution in [-0.2, 0) is 0 Å². The monoisotopic (exact) mass is 256 g/mol. The van der Waals surface area contributed by atoms with E-state index in [2.05, 4.69) is 18.7 Å². The fraction of sp³-hybridized carbons (Fsp3) is 0.538. The van der Waals surface area contributed by atoms with Gasteiger partial charge in [0, 0.05) is 18.6 Å². The molecule has 0 aliphatic carbocycles. The van der Waals surface area contributed by atoms with E-state index in [0.29, 0.717) is 10.9 Å². The van der Waals surface area contributed by atoms with E-state index in [4.69, 9.17) is 17.3 Å². The van der Waals surface area contributed by atoms with Crippen molar-refractivity contribution in [3.8, 4) is 0 Å². The molecule has 2 N–H and O–H groups in total. The average molecular weight is 257 g/mol. The molecule has 1 aliphatic heterocycles. The van der Waals surface area contributed by atoms with Gasteiger partial charge < -0.3 is 10.6 Å².